The van der Waals surface area contributed by atoms with Crippen LogP contribution in [0.2, 0.25) is 0 Å². The number of hydrogen-bond donors (Lipinski definition) is 1. The number of rotatable bonds is 8. The standard InChI is InChI=1S/C16H23N3O2/c1-4-10-20-11-14-18-16(21-19-14)12(2)15(17-3)13-8-6-5-7-9-13/h5-9,12,15,17H,4,10-11H2,1-3H3. The molecule has 2 atom stereocenters. The molecule has 21 heavy (non-hydrogen) atoms. The van der Waals surface area contributed by atoms with Crippen molar-refractivity contribution in [1.29, 1.82) is 0 Å². The van der Waals surface area contributed by atoms with E-state index in [0.717, 1.165) is 6.42 Å². The molecule has 2 rings (SSSR count). The van der Waals surface area contributed by atoms with Crippen molar-refractivity contribution in [2.75, 3.05) is 13.7 Å². The Morgan fingerprint density at radius 2 is 2.05 bits per heavy atom. The number of likely N-dealkylation sites (N-methyl/N-ethyl adjacent to an activating group) is 1. The molecule has 114 valence electrons. The lowest BCUT2D eigenvalue weighted by atomic mass is 9.94. The number of hydrogen-bond acceptors (Lipinski definition) is 5. The van der Waals surface area contributed by atoms with Gasteiger partial charge in [0.2, 0.25) is 5.89 Å². The molecule has 1 heterocycles. The van der Waals surface area contributed by atoms with E-state index in [9.17, 15) is 0 Å². The van der Waals surface area contributed by atoms with Gasteiger partial charge < -0.3 is 14.6 Å². The number of ether oxygens (including phenoxy) is 1. The third-order valence-corrected chi connectivity index (χ3v) is 3.42. The molecule has 0 saturated heterocycles. The van der Waals surface area contributed by atoms with Crippen molar-refractivity contribution in [2.24, 2.45) is 0 Å². The summed E-state index contributed by atoms with van der Waals surface area (Å²) in [5.74, 6) is 1.33. The SMILES string of the molecule is CCCOCc1noc(C(C)C(NC)c2ccccc2)n1. The summed E-state index contributed by atoms with van der Waals surface area (Å²) in [6.07, 6.45) is 0.983. The van der Waals surface area contributed by atoms with E-state index in [1.54, 1.807) is 0 Å². The molecular weight excluding hydrogens is 266 g/mol. The van der Waals surface area contributed by atoms with Crippen LogP contribution in [0.25, 0.3) is 0 Å². The Bertz CT molecular complexity index is 527. The Morgan fingerprint density at radius 3 is 2.71 bits per heavy atom. The van der Waals surface area contributed by atoms with E-state index < -0.39 is 0 Å². The van der Waals surface area contributed by atoms with Gasteiger partial charge in [0, 0.05) is 12.6 Å². The fourth-order valence-corrected chi connectivity index (χ4v) is 2.33. The topological polar surface area (TPSA) is 60.2 Å². The van der Waals surface area contributed by atoms with Crippen LogP contribution in [-0.2, 0) is 11.3 Å². The maximum absolute atomic E-state index is 5.43. The molecule has 2 aromatic rings. The highest BCUT2D eigenvalue weighted by molar-refractivity contribution is 5.21. The van der Waals surface area contributed by atoms with Crippen molar-refractivity contribution < 1.29 is 9.26 Å². The zero-order valence-electron chi connectivity index (χ0n) is 12.9. The summed E-state index contributed by atoms with van der Waals surface area (Å²) >= 11 is 0. The van der Waals surface area contributed by atoms with Gasteiger partial charge in [-0.1, -0.05) is 49.3 Å². The Kier molecular flexibility index (Phi) is 5.90. The summed E-state index contributed by atoms with van der Waals surface area (Å²) in [7, 11) is 1.94. The molecule has 1 N–H and O–H groups in total. The minimum absolute atomic E-state index is 0.0878. The molecule has 0 saturated carbocycles. The van der Waals surface area contributed by atoms with E-state index in [-0.39, 0.29) is 12.0 Å². The van der Waals surface area contributed by atoms with Crippen molar-refractivity contribution in [3.8, 4) is 0 Å². The Balaban J connectivity index is 2.06. The van der Waals surface area contributed by atoms with E-state index in [2.05, 4.69) is 41.4 Å². The van der Waals surface area contributed by atoms with Gasteiger partial charge in [-0.15, -0.1) is 0 Å². The average molecular weight is 289 g/mol. The van der Waals surface area contributed by atoms with Gasteiger partial charge >= 0.3 is 0 Å². The van der Waals surface area contributed by atoms with Crippen LogP contribution in [0.3, 0.4) is 0 Å². The second-order valence-electron chi connectivity index (χ2n) is 5.07. The van der Waals surface area contributed by atoms with Gasteiger partial charge in [0.05, 0.1) is 5.92 Å². The maximum atomic E-state index is 5.43. The van der Waals surface area contributed by atoms with Gasteiger partial charge in [0.1, 0.15) is 6.61 Å². The van der Waals surface area contributed by atoms with E-state index in [4.69, 9.17) is 9.26 Å². The second kappa shape index (κ2) is 7.90. The highest BCUT2D eigenvalue weighted by atomic mass is 16.5. The first kappa shape index (κ1) is 15.7. The van der Waals surface area contributed by atoms with Gasteiger partial charge in [-0.3, -0.25) is 0 Å². The number of nitrogens with one attached hydrogen (secondary N) is 1. The third-order valence-electron chi connectivity index (χ3n) is 3.42. The molecule has 0 fully saturated rings. The number of benzene rings is 1. The zero-order valence-corrected chi connectivity index (χ0v) is 12.9. The average Bonchev–Trinajstić information content (AvgIpc) is 2.98. The van der Waals surface area contributed by atoms with Crippen LogP contribution in [0.4, 0.5) is 0 Å². The summed E-state index contributed by atoms with van der Waals surface area (Å²) in [4.78, 5) is 4.43. The first-order valence-electron chi connectivity index (χ1n) is 7.38. The van der Waals surface area contributed by atoms with Crippen molar-refractivity contribution in [3.63, 3.8) is 0 Å². The molecule has 0 spiro atoms. The molecule has 5 nitrogen and oxygen atoms in total. The zero-order chi connectivity index (χ0) is 15.1. The first-order chi connectivity index (χ1) is 10.3. The largest absolute Gasteiger partial charge is 0.373 e. The van der Waals surface area contributed by atoms with Crippen molar-refractivity contribution >= 4 is 0 Å². The molecule has 2 unspecified atom stereocenters. The van der Waals surface area contributed by atoms with E-state index in [1.165, 1.54) is 5.56 Å². The number of nitrogens with zero attached hydrogens (tertiary/aromatic N) is 2. The molecule has 1 aromatic carbocycles. The lowest BCUT2D eigenvalue weighted by Gasteiger charge is -2.21. The molecule has 0 aliphatic rings. The quantitative estimate of drug-likeness (QED) is 0.757. The van der Waals surface area contributed by atoms with Crippen molar-refractivity contribution in [3.05, 3.63) is 47.6 Å². The fourth-order valence-electron chi connectivity index (χ4n) is 2.33. The Hall–Kier alpha value is -1.72. The fraction of sp³-hybridized carbons (Fsp3) is 0.500. The highest BCUT2D eigenvalue weighted by Crippen LogP contribution is 2.29. The lowest BCUT2D eigenvalue weighted by molar-refractivity contribution is 0.114. The van der Waals surface area contributed by atoms with Gasteiger partial charge in [-0.05, 0) is 19.0 Å². The van der Waals surface area contributed by atoms with Crippen LogP contribution >= 0.6 is 0 Å². The molecule has 0 aliphatic heterocycles. The van der Waals surface area contributed by atoms with Crippen LogP contribution in [0, 0.1) is 0 Å². The van der Waals surface area contributed by atoms with Gasteiger partial charge in [0.15, 0.2) is 5.82 Å². The predicted molar refractivity (Wildman–Crippen MR) is 80.9 cm³/mol. The highest BCUT2D eigenvalue weighted by Gasteiger charge is 2.24. The van der Waals surface area contributed by atoms with Gasteiger partial charge in [0.25, 0.3) is 0 Å². The maximum Gasteiger partial charge on any atom is 0.231 e. The monoisotopic (exact) mass is 289 g/mol. The lowest BCUT2D eigenvalue weighted by Crippen LogP contribution is -2.22. The molecule has 1 aromatic heterocycles. The van der Waals surface area contributed by atoms with Crippen molar-refractivity contribution in [2.45, 2.75) is 38.8 Å². The van der Waals surface area contributed by atoms with E-state index in [1.807, 2.05) is 25.2 Å². The van der Waals surface area contributed by atoms with Crippen molar-refractivity contribution in [1.82, 2.24) is 15.5 Å². The van der Waals surface area contributed by atoms with Crippen LogP contribution in [0.1, 0.15) is 49.5 Å². The van der Waals surface area contributed by atoms with Crippen LogP contribution in [0.15, 0.2) is 34.9 Å². The minimum Gasteiger partial charge on any atom is -0.373 e. The molecule has 0 amide bonds. The minimum atomic E-state index is 0.0878. The van der Waals surface area contributed by atoms with Gasteiger partial charge in [-0.2, -0.15) is 4.98 Å². The van der Waals surface area contributed by atoms with Gasteiger partial charge in [-0.25, -0.2) is 0 Å². The van der Waals surface area contributed by atoms with E-state index >= 15 is 0 Å². The summed E-state index contributed by atoms with van der Waals surface area (Å²) in [6, 6.07) is 10.4. The molecule has 5 heteroatoms. The summed E-state index contributed by atoms with van der Waals surface area (Å²) < 4.78 is 10.8. The first-order valence-corrected chi connectivity index (χ1v) is 7.38. The molecular formula is C16H23N3O2. The normalized spacial score (nSPS) is 14.0. The second-order valence-corrected chi connectivity index (χ2v) is 5.07. The smallest absolute Gasteiger partial charge is 0.231 e. The van der Waals surface area contributed by atoms with Crippen LogP contribution in [-0.4, -0.2) is 23.8 Å². The predicted octanol–water partition coefficient (Wildman–Crippen LogP) is 3.06. The summed E-state index contributed by atoms with van der Waals surface area (Å²) in [6.45, 7) is 5.27. The van der Waals surface area contributed by atoms with E-state index in [0.29, 0.717) is 24.9 Å². The third kappa shape index (κ3) is 4.12. The number of aromatic nitrogens is 2. The Labute approximate surface area is 125 Å². The Morgan fingerprint density at radius 1 is 1.29 bits per heavy atom. The molecule has 0 bridgehead atoms. The summed E-state index contributed by atoms with van der Waals surface area (Å²) in [5, 5.41) is 7.30. The van der Waals surface area contributed by atoms with Crippen LogP contribution in [0.5, 0.6) is 0 Å². The molecule has 0 aliphatic carbocycles. The van der Waals surface area contributed by atoms with Crippen LogP contribution < -0.4 is 5.32 Å². The molecule has 0 radical (unpaired) electrons. The summed E-state index contributed by atoms with van der Waals surface area (Å²) in [5.41, 5.74) is 1.20.